The molecule has 0 aliphatic carbocycles. The van der Waals surface area contributed by atoms with E-state index in [1.807, 2.05) is 32.7 Å². The molecule has 0 radical (unpaired) electrons. The third-order valence-electron chi connectivity index (χ3n) is 3.86. The van der Waals surface area contributed by atoms with Gasteiger partial charge < -0.3 is 14.1 Å². The molecule has 1 aliphatic rings. The lowest BCUT2D eigenvalue weighted by Gasteiger charge is -2.37. The highest BCUT2D eigenvalue weighted by Crippen LogP contribution is 2.18. The van der Waals surface area contributed by atoms with Gasteiger partial charge in [-0.2, -0.15) is 0 Å². The summed E-state index contributed by atoms with van der Waals surface area (Å²) in [4.78, 5) is 28.0. The smallest absolute Gasteiger partial charge is 0.410 e. The third-order valence-corrected chi connectivity index (χ3v) is 3.86. The number of furan rings is 1. The molecule has 1 atom stereocenters. The average molecular weight is 322 g/mol. The van der Waals surface area contributed by atoms with Crippen LogP contribution in [0.2, 0.25) is 0 Å². The summed E-state index contributed by atoms with van der Waals surface area (Å²) in [6, 6.07) is 3.53. The lowest BCUT2D eigenvalue weighted by Crippen LogP contribution is -2.50. The van der Waals surface area contributed by atoms with Crippen LogP contribution in [0, 0.1) is 0 Å². The van der Waals surface area contributed by atoms with Crippen molar-refractivity contribution in [3.05, 3.63) is 24.2 Å². The van der Waals surface area contributed by atoms with Gasteiger partial charge in [-0.1, -0.05) is 0 Å². The largest absolute Gasteiger partial charge is 0.461 e. The van der Waals surface area contributed by atoms with Crippen molar-refractivity contribution in [2.45, 2.75) is 45.3 Å². The van der Waals surface area contributed by atoms with Gasteiger partial charge in [0, 0.05) is 19.1 Å². The zero-order chi connectivity index (χ0) is 17.0. The van der Waals surface area contributed by atoms with E-state index in [2.05, 4.69) is 0 Å². The molecule has 0 aromatic carbocycles. The number of piperidine rings is 1. The fourth-order valence-corrected chi connectivity index (χ4v) is 2.68. The van der Waals surface area contributed by atoms with Crippen LogP contribution in [0.1, 0.15) is 44.2 Å². The number of carbonyl (C=O) groups excluding carboxylic acids is 2. The number of likely N-dealkylation sites (tertiary alicyclic amines) is 1. The van der Waals surface area contributed by atoms with Crippen molar-refractivity contribution in [3.8, 4) is 0 Å². The summed E-state index contributed by atoms with van der Waals surface area (Å²) in [6.45, 7) is 7.14. The maximum absolute atomic E-state index is 12.2. The number of nitrogens with zero attached hydrogens (tertiary/aromatic N) is 2. The van der Waals surface area contributed by atoms with Gasteiger partial charge in [-0.05, 0) is 52.8 Å². The second kappa shape index (κ2) is 7.17. The maximum Gasteiger partial charge on any atom is 0.410 e. The van der Waals surface area contributed by atoms with E-state index in [-0.39, 0.29) is 24.5 Å². The van der Waals surface area contributed by atoms with Crippen molar-refractivity contribution in [1.82, 2.24) is 9.80 Å². The molecular weight excluding hydrogens is 296 g/mol. The molecule has 0 spiro atoms. The van der Waals surface area contributed by atoms with E-state index in [9.17, 15) is 9.59 Å². The number of hydrogen-bond donors (Lipinski definition) is 0. The van der Waals surface area contributed by atoms with E-state index < -0.39 is 5.60 Å². The predicted octanol–water partition coefficient (Wildman–Crippen LogP) is 2.79. The molecule has 0 unspecified atom stereocenters. The van der Waals surface area contributed by atoms with Gasteiger partial charge >= 0.3 is 6.09 Å². The SMILES string of the molecule is CN(CC(=O)c1ccco1)[C@H]1CCCN(C(=O)OC(C)(C)C)C1. The number of rotatable bonds is 4. The summed E-state index contributed by atoms with van der Waals surface area (Å²) in [5, 5.41) is 0. The van der Waals surface area contributed by atoms with Crippen molar-refractivity contribution < 1.29 is 18.7 Å². The molecule has 1 aromatic heterocycles. The summed E-state index contributed by atoms with van der Waals surface area (Å²) in [5.74, 6) is 0.323. The van der Waals surface area contributed by atoms with E-state index in [1.54, 1.807) is 17.0 Å². The molecule has 2 heterocycles. The number of hydrogen-bond acceptors (Lipinski definition) is 5. The second-order valence-electron chi connectivity index (χ2n) is 7.04. The van der Waals surface area contributed by atoms with E-state index in [0.29, 0.717) is 18.8 Å². The Morgan fingerprint density at radius 3 is 2.78 bits per heavy atom. The van der Waals surface area contributed by atoms with Crippen LogP contribution < -0.4 is 0 Å². The molecule has 0 N–H and O–H groups in total. The normalized spacial score (nSPS) is 19.0. The number of amides is 1. The average Bonchev–Trinajstić information content (AvgIpc) is 3.00. The molecule has 6 nitrogen and oxygen atoms in total. The Balaban J connectivity index is 1.90. The molecule has 0 saturated carbocycles. The maximum atomic E-state index is 12.2. The lowest BCUT2D eigenvalue weighted by molar-refractivity contribution is 0.0129. The van der Waals surface area contributed by atoms with Crippen LogP contribution in [0.15, 0.2) is 22.8 Å². The Morgan fingerprint density at radius 1 is 1.43 bits per heavy atom. The van der Waals surface area contributed by atoms with Crippen LogP contribution in [0.3, 0.4) is 0 Å². The zero-order valence-corrected chi connectivity index (χ0v) is 14.4. The van der Waals surface area contributed by atoms with E-state index in [0.717, 1.165) is 12.8 Å². The molecule has 0 bridgehead atoms. The van der Waals surface area contributed by atoms with Gasteiger partial charge in [0.2, 0.25) is 5.78 Å². The lowest BCUT2D eigenvalue weighted by atomic mass is 10.0. The highest BCUT2D eigenvalue weighted by Gasteiger charge is 2.30. The first-order valence-electron chi connectivity index (χ1n) is 8.01. The Kier molecular flexibility index (Phi) is 5.46. The zero-order valence-electron chi connectivity index (χ0n) is 14.4. The first-order chi connectivity index (χ1) is 10.8. The monoisotopic (exact) mass is 322 g/mol. The van der Waals surface area contributed by atoms with Crippen molar-refractivity contribution in [2.24, 2.45) is 0 Å². The van der Waals surface area contributed by atoms with Gasteiger partial charge in [-0.15, -0.1) is 0 Å². The number of Topliss-reactive ketones (excluding diaryl/α,β-unsaturated/α-hetero) is 1. The fraction of sp³-hybridized carbons (Fsp3) is 0.647. The summed E-state index contributed by atoms with van der Waals surface area (Å²) in [7, 11) is 1.91. The van der Waals surface area contributed by atoms with E-state index in [4.69, 9.17) is 9.15 Å². The summed E-state index contributed by atoms with van der Waals surface area (Å²) in [6.07, 6.45) is 3.08. The van der Waals surface area contributed by atoms with Gasteiger partial charge in [0.25, 0.3) is 0 Å². The molecule has 23 heavy (non-hydrogen) atoms. The number of ether oxygens (including phenoxy) is 1. The molecule has 6 heteroatoms. The van der Waals surface area contributed by atoms with Crippen LogP contribution in [0.25, 0.3) is 0 Å². The summed E-state index contributed by atoms with van der Waals surface area (Å²) >= 11 is 0. The van der Waals surface area contributed by atoms with Crippen molar-refractivity contribution in [1.29, 1.82) is 0 Å². The third kappa shape index (κ3) is 5.10. The molecule has 1 saturated heterocycles. The van der Waals surface area contributed by atoms with Crippen LogP contribution in [0.4, 0.5) is 4.79 Å². The predicted molar refractivity (Wildman–Crippen MR) is 86.5 cm³/mol. The summed E-state index contributed by atoms with van der Waals surface area (Å²) < 4.78 is 10.6. The molecular formula is C17H26N2O4. The highest BCUT2D eigenvalue weighted by atomic mass is 16.6. The highest BCUT2D eigenvalue weighted by molar-refractivity contribution is 5.95. The Morgan fingerprint density at radius 2 is 2.17 bits per heavy atom. The van der Waals surface area contributed by atoms with Crippen LogP contribution in [-0.4, -0.2) is 60.0 Å². The molecule has 128 valence electrons. The molecule has 2 rings (SSSR count). The number of likely N-dealkylation sites (N-methyl/N-ethyl adjacent to an activating group) is 1. The molecule has 1 aromatic rings. The first kappa shape index (κ1) is 17.5. The van der Waals surface area contributed by atoms with Gasteiger partial charge in [0.1, 0.15) is 5.60 Å². The second-order valence-corrected chi connectivity index (χ2v) is 7.04. The summed E-state index contributed by atoms with van der Waals surface area (Å²) in [5.41, 5.74) is -0.495. The topological polar surface area (TPSA) is 63.0 Å². The van der Waals surface area contributed by atoms with Crippen LogP contribution >= 0.6 is 0 Å². The van der Waals surface area contributed by atoms with Crippen LogP contribution in [0.5, 0.6) is 0 Å². The molecule has 1 fully saturated rings. The van der Waals surface area contributed by atoms with Crippen molar-refractivity contribution in [3.63, 3.8) is 0 Å². The molecule has 1 amide bonds. The quantitative estimate of drug-likeness (QED) is 0.798. The van der Waals surface area contributed by atoms with Gasteiger partial charge in [-0.25, -0.2) is 4.79 Å². The fourth-order valence-electron chi connectivity index (χ4n) is 2.68. The number of carbonyl (C=O) groups is 2. The van der Waals surface area contributed by atoms with Crippen molar-refractivity contribution in [2.75, 3.05) is 26.7 Å². The Labute approximate surface area is 137 Å². The van der Waals surface area contributed by atoms with Gasteiger partial charge in [-0.3, -0.25) is 9.69 Å². The standard InChI is InChI=1S/C17H26N2O4/c1-17(2,3)23-16(21)19-9-5-7-13(11-19)18(4)12-14(20)15-8-6-10-22-15/h6,8,10,13H,5,7,9,11-12H2,1-4H3/t13-/m0/s1. The van der Waals surface area contributed by atoms with Crippen LogP contribution in [-0.2, 0) is 4.74 Å². The van der Waals surface area contributed by atoms with E-state index in [1.165, 1.54) is 6.26 Å². The van der Waals surface area contributed by atoms with Gasteiger partial charge in [0.05, 0.1) is 12.8 Å². The first-order valence-corrected chi connectivity index (χ1v) is 8.01. The minimum Gasteiger partial charge on any atom is -0.461 e. The minimum absolute atomic E-state index is 0.0492. The van der Waals surface area contributed by atoms with E-state index >= 15 is 0 Å². The van der Waals surface area contributed by atoms with Gasteiger partial charge in [0.15, 0.2) is 5.76 Å². The Hall–Kier alpha value is -1.82. The molecule has 1 aliphatic heterocycles. The van der Waals surface area contributed by atoms with Crippen molar-refractivity contribution >= 4 is 11.9 Å². The minimum atomic E-state index is -0.495. The number of ketones is 1. The Bertz CT molecular complexity index is 533.